The zero-order valence-electron chi connectivity index (χ0n) is 35.3. The third kappa shape index (κ3) is 9.73. The van der Waals surface area contributed by atoms with E-state index in [1.807, 2.05) is 97.2 Å². The molecule has 0 saturated carbocycles. The summed E-state index contributed by atoms with van der Waals surface area (Å²) in [5.41, 5.74) is 2.77. The Hall–Kier alpha value is -5.00. The summed E-state index contributed by atoms with van der Waals surface area (Å²) < 4.78 is 43.1. The molecule has 0 N–H and O–H groups in total. The van der Waals surface area contributed by atoms with Gasteiger partial charge in [0.25, 0.3) is 8.53 Å². The number of ether oxygens (including phenoxy) is 4. The molecule has 15 heteroatoms. The number of aliphatic imine (C=N–C) groups is 1. The molecule has 1 saturated heterocycles. The molecule has 1 aliphatic heterocycles. The maximum absolute atomic E-state index is 9.41. The lowest BCUT2D eigenvalue weighted by Gasteiger charge is -2.39. The predicted octanol–water partition coefficient (Wildman–Crippen LogP) is 8.41. The molecule has 4 atom stereocenters. The Morgan fingerprint density at radius 1 is 0.915 bits per heavy atom. The van der Waals surface area contributed by atoms with Gasteiger partial charge >= 0.3 is 0 Å². The minimum atomic E-state index is -1.62. The summed E-state index contributed by atoms with van der Waals surface area (Å²) in [5.74, 6) is 2.71. The van der Waals surface area contributed by atoms with Crippen molar-refractivity contribution in [2.75, 3.05) is 41.5 Å². The number of nitriles is 1. The predicted molar refractivity (Wildman–Crippen MR) is 229 cm³/mol. The van der Waals surface area contributed by atoms with Crippen LogP contribution in [-0.4, -0.2) is 101 Å². The van der Waals surface area contributed by atoms with Crippen LogP contribution in [0, 0.1) is 11.3 Å². The van der Waals surface area contributed by atoms with Gasteiger partial charge in [-0.2, -0.15) is 5.26 Å². The molecule has 0 aliphatic carbocycles. The van der Waals surface area contributed by atoms with E-state index in [-0.39, 0.29) is 31.7 Å². The van der Waals surface area contributed by atoms with Crippen molar-refractivity contribution in [3.8, 4) is 17.6 Å². The Bertz CT molecular complexity index is 2120. The first-order chi connectivity index (χ1) is 28.5. The van der Waals surface area contributed by atoms with E-state index in [1.165, 1.54) is 6.33 Å². The Morgan fingerprint density at radius 3 is 2.08 bits per heavy atom. The number of aromatic nitrogens is 4. The third-order valence-electron chi connectivity index (χ3n) is 10.3. The van der Waals surface area contributed by atoms with Crippen LogP contribution in [0.25, 0.3) is 11.2 Å². The molecule has 6 rings (SSSR count). The van der Waals surface area contributed by atoms with Crippen LogP contribution in [0.3, 0.4) is 0 Å². The fourth-order valence-corrected chi connectivity index (χ4v) is 8.97. The van der Waals surface area contributed by atoms with Crippen molar-refractivity contribution in [2.45, 2.75) is 83.6 Å². The first-order valence-electron chi connectivity index (χ1n) is 19.8. The Balaban J connectivity index is 1.44. The second kappa shape index (κ2) is 19.8. The standard InChI is InChI=1S/C44H55N8O6P/c1-30(2)52(31(3)4)59(56-25-13-24-45)58-38-26-40(51-29-48-41-42(46-28-47-43(41)51)49-32(5)50(6)7)57-39(38)27-55-44(33-14-11-10-12-15-33,34-16-20-36(53-8)21-17-34)35-18-22-37(54-9)23-19-35/h10-12,14-23,28-31,38-40H,13,25-27H2,1-9H3/b49-32-/t38-,39+,40+,59?/m0/s1. The molecular weight excluding hydrogens is 768 g/mol. The average Bonchev–Trinajstić information content (AvgIpc) is 3.86. The van der Waals surface area contributed by atoms with Crippen molar-refractivity contribution in [2.24, 2.45) is 4.99 Å². The molecule has 1 fully saturated rings. The fourth-order valence-electron chi connectivity index (χ4n) is 7.21. The monoisotopic (exact) mass is 822 g/mol. The summed E-state index contributed by atoms with van der Waals surface area (Å²) in [5, 5.41) is 9.41. The highest BCUT2D eigenvalue weighted by Gasteiger charge is 2.45. The van der Waals surface area contributed by atoms with Gasteiger partial charge in [0.1, 0.15) is 41.6 Å². The van der Waals surface area contributed by atoms with Crippen molar-refractivity contribution in [1.82, 2.24) is 29.1 Å². The maximum atomic E-state index is 9.41. The van der Waals surface area contributed by atoms with Crippen molar-refractivity contribution < 1.29 is 28.0 Å². The van der Waals surface area contributed by atoms with E-state index in [2.05, 4.69) is 60.5 Å². The van der Waals surface area contributed by atoms with Gasteiger partial charge in [0, 0.05) is 32.6 Å². The molecule has 14 nitrogen and oxygen atoms in total. The summed E-state index contributed by atoms with van der Waals surface area (Å²) in [6.07, 6.45) is 2.28. The van der Waals surface area contributed by atoms with Crippen molar-refractivity contribution in [1.29, 1.82) is 5.26 Å². The average molecular weight is 823 g/mol. The molecule has 5 aromatic rings. The normalized spacial score (nSPS) is 17.8. The van der Waals surface area contributed by atoms with Crippen LogP contribution < -0.4 is 9.47 Å². The van der Waals surface area contributed by atoms with Crippen molar-refractivity contribution >= 4 is 31.3 Å². The molecule has 1 unspecified atom stereocenters. The van der Waals surface area contributed by atoms with Crippen LogP contribution in [0.15, 0.2) is 96.5 Å². The zero-order valence-corrected chi connectivity index (χ0v) is 36.2. The van der Waals surface area contributed by atoms with Crippen LogP contribution in [0.1, 0.15) is 70.4 Å². The van der Waals surface area contributed by atoms with Gasteiger partial charge in [0.15, 0.2) is 17.0 Å². The van der Waals surface area contributed by atoms with E-state index in [0.717, 1.165) is 34.0 Å². The fraction of sp³-hybridized carbons (Fsp3) is 0.432. The number of rotatable bonds is 18. The van der Waals surface area contributed by atoms with Crippen LogP contribution in [0.4, 0.5) is 5.82 Å². The van der Waals surface area contributed by atoms with Crippen LogP contribution in [-0.2, 0) is 24.1 Å². The van der Waals surface area contributed by atoms with E-state index < -0.39 is 32.6 Å². The lowest BCUT2D eigenvalue weighted by atomic mass is 9.80. The molecule has 59 heavy (non-hydrogen) atoms. The van der Waals surface area contributed by atoms with E-state index in [4.69, 9.17) is 38.0 Å². The van der Waals surface area contributed by atoms with Gasteiger partial charge in [-0.25, -0.2) is 24.6 Å². The summed E-state index contributed by atoms with van der Waals surface area (Å²) in [7, 11) is 5.54. The van der Waals surface area contributed by atoms with Gasteiger partial charge < -0.3 is 32.9 Å². The number of methoxy groups -OCH3 is 2. The minimum Gasteiger partial charge on any atom is -0.497 e. The lowest BCUT2D eigenvalue weighted by Crippen LogP contribution is -2.39. The van der Waals surface area contributed by atoms with E-state index in [9.17, 15) is 5.26 Å². The zero-order chi connectivity index (χ0) is 42.1. The Morgan fingerprint density at radius 2 is 1.53 bits per heavy atom. The number of imidazole rings is 1. The first kappa shape index (κ1) is 43.6. The summed E-state index contributed by atoms with van der Waals surface area (Å²) in [6.45, 7) is 10.8. The molecule has 312 valence electrons. The second-order valence-electron chi connectivity index (χ2n) is 14.9. The number of hydrogen-bond donors (Lipinski definition) is 0. The first-order valence-corrected chi connectivity index (χ1v) is 20.9. The maximum Gasteiger partial charge on any atom is 0.259 e. The molecule has 2 aromatic heterocycles. The number of benzene rings is 3. The number of amidine groups is 1. The van der Waals surface area contributed by atoms with E-state index in [0.29, 0.717) is 23.4 Å². The van der Waals surface area contributed by atoms with Gasteiger partial charge in [0.2, 0.25) is 0 Å². The van der Waals surface area contributed by atoms with Crippen LogP contribution in [0.5, 0.6) is 11.5 Å². The second-order valence-corrected chi connectivity index (χ2v) is 16.4. The highest BCUT2D eigenvalue weighted by Crippen LogP contribution is 2.51. The topological polar surface area (TPSA) is 142 Å². The number of fused-ring (bicyclic) bond motifs is 1. The van der Waals surface area contributed by atoms with E-state index >= 15 is 0 Å². The quantitative estimate of drug-likeness (QED) is 0.0275. The Kier molecular flexibility index (Phi) is 14.6. The van der Waals surface area contributed by atoms with Gasteiger partial charge in [-0.3, -0.25) is 4.57 Å². The smallest absolute Gasteiger partial charge is 0.259 e. The lowest BCUT2D eigenvalue weighted by molar-refractivity contribution is -0.0912. The highest BCUT2D eigenvalue weighted by atomic mass is 31.2. The van der Waals surface area contributed by atoms with E-state index in [1.54, 1.807) is 20.5 Å². The molecule has 0 radical (unpaired) electrons. The molecule has 0 spiro atoms. The summed E-state index contributed by atoms with van der Waals surface area (Å²) in [6, 6.07) is 28.5. The molecule has 3 aromatic carbocycles. The molecule has 0 amide bonds. The SMILES string of the molecule is COc1ccc(C(OC[C@H]2O[C@@H](n3cnc4c(/N=C(/C)N(C)C)ncnc43)C[C@@H]2OP(OCCC#N)N(C(C)C)C(C)C)(c2ccccc2)c2ccc(OC)cc2)cc1. The Labute approximate surface area is 348 Å². The van der Waals surface area contributed by atoms with Gasteiger partial charge in [-0.05, 0) is 75.6 Å². The third-order valence-corrected chi connectivity index (χ3v) is 12.4. The molecule has 0 bridgehead atoms. The number of nitrogens with zero attached hydrogens (tertiary/aromatic N) is 8. The van der Waals surface area contributed by atoms with Gasteiger partial charge in [-0.1, -0.05) is 54.6 Å². The van der Waals surface area contributed by atoms with Crippen LogP contribution in [0.2, 0.25) is 0 Å². The van der Waals surface area contributed by atoms with Crippen molar-refractivity contribution in [3.63, 3.8) is 0 Å². The van der Waals surface area contributed by atoms with Crippen molar-refractivity contribution in [3.05, 3.63) is 108 Å². The van der Waals surface area contributed by atoms with Crippen LogP contribution >= 0.6 is 8.53 Å². The van der Waals surface area contributed by atoms with Gasteiger partial charge in [-0.15, -0.1) is 0 Å². The molecule has 3 heterocycles. The summed E-state index contributed by atoms with van der Waals surface area (Å²) in [4.78, 5) is 20.4. The highest BCUT2D eigenvalue weighted by molar-refractivity contribution is 7.44. The van der Waals surface area contributed by atoms with Gasteiger partial charge in [0.05, 0.1) is 52.4 Å². The molecular formula is C44H55N8O6P. The minimum absolute atomic E-state index is 0.103. The summed E-state index contributed by atoms with van der Waals surface area (Å²) >= 11 is 0. The number of hydrogen-bond acceptors (Lipinski definition) is 12. The largest absolute Gasteiger partial charge is 0.497 e. The molecule has 1 aliphatic rings.